The maximum absolute atomic E-state index is 5.19. The Bertz CT molecular complexity index is 228. The van der Waals surface area contributed by atoms with E-state index >= 15 is 0 Å². The first-order valence-corrected chi connectivity index (χ1v) is 3.73. The zero-order valence-corrected chi connectivity index (χ0v) is 6.96. The quantitative estimate of drug-likeness (QED) is 0.474. The largest absolute Gasteiger partial charge is 0.271 e. The number of hydrogen-bond acceptors (Lipinski definition) is 3. The van der Waals surface area contributed by atoms with E-state index in [-0.39, 0.29) is 0 Å². The first-order chi connectivity index (χ1) is 5.27. The Morgan fingerprint density at radius 3 is 2.91 bits per heavy atom. The second-order valence-corrected chi connectivity index (χ2v) is 2.49. The van der Waals surface area contributed by atoms with Crippen molar-refractivity contribution in [2.24, 2.45) is 12.9 Å². The molecule has 0 atom stereocenters. The second-order valence-electron chi connectivity index (χ2n) is 2.49. The van der Waals surface area contributed by atoms with Gasteiger partial charge in [-0.25, -0.2) is 0 Å². The molecule has 4 heteroatoms. The molecule has 1 aromatic rings. The fourth-order valence-electron chi connectivity index (χ4n) is 1.01. The van der Waals surface area contributed by atoms with E-state index in [9.17, 15) is 0 Å². The third-order valence-electron chi connectivity index (χ3n) is 1.67. The molecule has 0 aliphatic carbocycles. The fourth-order valence-corrected chi connectivity index (χ4v) is 1.01. The van der Waals surface area contributed by atoms with Crippen molar-refractivity contribution < 1.29 is 0 Å². The van der Waals surface area contributed by atoms with Gasteiger partial charge >= 0.3 is 0 Å². The molecule has 0 unspecified atom stereocenters. The zero-order valence-electron chi connectivity index (χ0n) is 6.96. The molecule has 62 valence electrons. The summed E-state index contributed by atoms with van der Waals surface area (Å²) in [4.78, 5) is 0. The van der Waals surface area contributed by atoms with Gasteiger partial charge in [-0.2, -0.15) is 5.10 Å². The summed E-state index contributed by atoms with van der Waals surface area (Å²) < 4.78 is 1.85. The Hall–Kier alpha value is -0.870. The Morgan fingerprint density at radius 1 is 1.73 bits per heavy atom. The van der Waals surface area contributed by atoms with Gasteiger partial charge in [0.2, 0.25) is 0 Å². The van der Waals surface area contributed by atoms with Crippen LogP contribution in [-0.4, -0.2) is 9.78 Å². The third-order valence-corrected chi connectivity index (χ3v) is 1.67. The van der Waals surface area contributed by atoms with Crippen LogP contribution in [0.5, 0.6) is 0 Å². The minimum atomic E-state index is 0.670. The highest BCUT2D eigenvalue weighted by atomic mass is 15.3. The van der Waals surface area contributed by atoms with Crippen molar-refractivity contribution in [2.75, 3.05) is 0 Å². The summed E-state index contributed by atoms with van der Waals surface area (Å²) >= 11 is 0. The lowest BCUT2D eigenvalue weighted by atomic mass is 10.3. The maximum atomic E-state index is 5.19. The van der Waals surface area contributed by atoms with Crippen molar-refractivity contribution in [1.82, 2.24) is 15.2 Å². The molecule has 0 saturated carbocycles. The van der Waals surface area contributed by atoms with Crippen LogP contribution in [0.3, 0.4) is 0 Å². The van der Waals surface area contributed by atoms with E-state index in [0.717, 1.165) is 17.8 Å². The topological polar surface area (TPSA) is 55.9 Å². The van der Waals surface area contributed by atoms with E-state index in [1.165, 1.54) is 0 Å². The molecule has 0 aliphatic heterocycles. The van der Waals surface area contributed by atoms with Gasteiger partial charge in [0, 0.05) is 7.05 Å². The second kappa shape index (κ2) is 3.50. The third kappa shape index (κ3) is 1.78. The molecule has 1 rings (SSSR count). The van der Waals surface area contributed by atoms with E-state index in [0.29, 0.717) is 6.54 Å². The lowest BCUT2D eigenvalue weighted by molar-refractivity contribution is 0.642. The molecule has 0 spiro atoms. The van der Waals surface area contributed by atoms with Crippen LogP contribution in [0.1, 0.15) is 18.3 Å². The molecule has 0 amide bonds. The van der Waals surface area contributed by atoms with Crippen molar-refractivity contribution in [2.45, 2.75) is 19.9 Å². The molecule has 0 fully saturated rings. The predicted octanol–water partition coefficient (Wildman–Crippen LogP) is -0.0542. The summed E-state index contributed by atoms with van der Waals surface area (Å²) in [5, 5.41) is 4.27. The standard InChI is InChI=1S/C7H14N4/c1-3-6-4-7(5-9-8)11(2)10-6/h4,9H,3,5,8H2,1-2H3. The number of aromatic nitrogens is 2. The molecule has 0 saturated heterocycles. The average Bonchev–Trinajstić information content (AvgIpc) is 2.33. The van der Waals surface area contributed by atoms with Gasteiger partial charge in [-0.15, -0.1) is 0 Å². The monoisotopic (exact) mass is 154 g/mol. The lowest BCUT2D eigenvalue weighted by Gasteiger charge is -1.97. The Morgan fingerprint density at radius 2 is 2.45 bits per heavy atom. The number of hydrogen-bond donors (Lipinski definition) is 2. The van der Waals surface area contributed by atoms with Gasteiger partial charge < -0.3 is 0 Å². The minimum absolute atomic E-state index is 0.670. The van der Waals surface area contributed by atoms with Gasteiger partial charge in [0.25, 0.3) is 0 Å². The van der Waals surface area contributed by atoms with Crippen molar-refractivity contribution in [3.05, 3.63) is 17.5 Å². The zero-order chi connectivity index (χ0) is 8.27. The number of rotatable bonds is 3. The van der Waals surface area contributed by atoms with E-state index < -0.39 is 0 Å². The normalized spacial score (nSPS) is 10.5. The van der Waals surface area contributed by atoms with Gasteiger partial charge in [-0.05, 0) is 12.5 Å². The summed E-state index contributed by atoms with van der Waals surface area (Å²) in [6, 6.07) is 2.06. The van der Waals surface area contributed by atoms with Crippen LogP contribution in [-0.2, 0) is 20.0 Å². The van der Waals surface area contributed by atoms with Gasteiger partial charge in [-0.1, -0.05) is 6.92 Å². The maximum Gasteiger partial charge on any atom is 0.0625 e. The molecule has 0 aromatic carbocycles. The molecular formula is C7H14N4. The van der Waals surface area contributed by atoms with Crippen LogP contribution >= 0.6 is 0 Å². The smallest absolute Gasteiger partial charge is 0.0625 e. The number of hydrazine groups is 1. The van der Waals surface area contributed by atoms with Crippen LogP contribution < -0.4 is 11.3 Å². The average molecular weight is 154 g/mol. The highest BCUT2D eigenvalue weighted by Crippen LogP contribution is 2.02. The SMILES string of the molecule is CCc1cc(CNN)n(C)n1. The van der Waals surface area contributed by atoms with Gasteiger partial charge in [0.05, 0.1) is 17.9 Å². The van der Waals surface area contributed by atoms with Gasteiger partial charge in [0.1, 0.15) is 0 Å². The van der Waals surface area contributed by atoms with E-state index in [1.54, 1.807) is 0 Å². The highest BCUT2D eigenvalue weighted by molar-refractivity contribution is 5.09. The Kier molecular flexibility index (Phi) is 2.62. The first-order valence-electron chi connectivity index (χ1n) is 3.73. The number of nitrogens with two attached hydrogens (primary N) is 1. The Balaban J connectivity index is 2.79. The summed E-state index contributed by atoms with van der Waals surface area (Å²) in [5.74, 6) is 5.19. The summed E-state index contributed by atoms with van der Waals surface area (Å²) in [6.07, 6.45) is 0.971. The molecular weight excluding hydrogens is 140 g/mol. The van der Waals surface area contributed by atoms with Crippen molar-refractivity contribution in [3.63, 3.8) is 0 Å². The molecule has 0 bridgehead atoms. The highest BCUT2D eigenvalue weighted by Gasteiger charge is 2.00. The molecule has 0 radical (unpaired) electrons. The molecule has 1 heterocycles. The summed E-state index contributed by atoms with van der Waals surface area (Å²) in [5.41, 5.74) is 4.83. The molecule has 0 aliphatic rings. The van der Waals surface area contributed by atoms with Gasteiger partial charge in [-0.3, -0.25) is 16.0 Å². The number of nitrogens with zero attached hydrogens (tertiary/aromatic N) is 2. The van der Waals surface area contributed by atoms with Crippen molar-refractivity contribution in [1.29, 1.82) is 0 Å². The van der Waals surface area contributed by atoms with Crippen LogP contribution in [0.4, 0.5) is 0 Å². The van der Waals surface area contributed by atoms with E-state index in [2.05, 4.69) is 23.5 Å². The molecule has 3 N–H and O–H groups in total. The minimum Gasteiger partial charge on any atom is -0.271 e. The molecule has 11 heavy (non-hydrogen) atoms. The summed E-state index contributed by atoms with van der Waals surface area (Å²) in [6.45, 7) is 2.76. The van der Waals surface area contributed by atoms with Crippen molar-refractivity contribution in [3.8, 4) is 0 Å². The van der Waals surface area contributed by atoms with Crippen LogP contribution in [0.15, 0.2) is 6.07 Å². The molecule has 4 nitrogen and oxygen atoms in total. The molecule has 1 aromatic heterocycles. The lowest BCUT2D eigenvalue weighted by Crippen LogP contribution is -2.22. The predicted molar refractivity (Wildman–Crippen MR) is 43.6 cm³/mol. The van der Waals surface area contributed by atoms with Crippen LogP contribution in [0.2, 0.25) is 0 Å². The van der Waals surface area contributed by atoms with Crippen molar-refractivity contribution >= 4 is 0 Å². The fraction of sp³-hybridized carbons (Fsp3) is 0.571. The van der Waals surface area contributed by atoms with Crippen LogP contribution in [0.25, 0.3) is 0 Å². The van der Waals surface area contributed by atoms with Gasteiger partial charge in [0.15, 0.2) is 0 Å². The number of nitrogens with one attached hydrogen (secondary N) is 1. The first kappa shape index (κ1) is 8.23. The Labute approximate surface area is 66.4 Å². The van der Waals surface area contributed by atoms with E-state index in [4.69, 9.17) is 5.84 Å². The van der Waals surface area contributed by atoms with E-state index in [1.807, 2.05) is 11.7 Å². The number of aryl methyl sites for hydroxylation is 2. The van der Waals surface area contributed by atoms with Crippen LogP contribution in [0, 0.1) is 0 Å². The summed E-state index contributed by atoms with van der Waals surface area (Å²) in [7, 11) is 1.92.